The molecule has 2 aliphatic rings. The number of ether oxygens (including phenoxy) is 2. The average Bonchev–Trinajstić information content (AvgIpc) is 2.73. The number of carbonyl (C=O) groups excluding carboxylic acids is 1. The van der Waals surface area contributed by atoms with Gasteiger partial charge in [-0.3, -0.25) is 4.79 Å². The van der Waals surface area contributed by atoms with Crippen LogP contribution in [0.2, 0.25) is 0 Å². The number of rotatable bonds is 2. The molecule has 1 saturated carbocycles. The van der Waals surface area contributed by atoms with E-state index in [1.165, 1.54) is 12.8 Å². The molecule has 0 bridgehead atoms. The van der Waals surface area contributed by atoms with Crippen molar-refractivity contribution in [1.82, 2.24) is 5.32 Å². The topological polar surface area (TPSA) is 47.6 Å². The summed E-state index contributed by atoms with van der Waals surface area (Å²) in [5.74, 6) is 1.96. The van der Waals surface area contributed by atoms with E-state index in [1.54, 1.807) is 6.07 Å². The van der Waals surface area contributed by atoms with Crippen molar-refractivity contribution in [1.29, 1.82) is 0 Å². The molecule has 1 aromatic rings. The Morgan fingerprint density at radius 2 is 1.95 bits per heavy atom. The molecule has 1 aliphatic carbocycles. The maximum absolute atomic E-state index is 12.3. The summed E-state index contributed by atoms with van der Waals surface area (Å²) in [4.78, 5) is 12.3. The van der Waals surface area contributed by atoms with Crippen molar-refractivity contribution in [2.75, 3.05) is 13.2 Å². The molecular weight excluding hydrogens is 254 g/mol. The SMILES string of the molecule is C[C@H]1CCC[C@@H]1NC(=O)c1ccc2c(c1)OCCCO2. The number of fused-ring (bicyclic) bond motifs is 1. The number of nitrogens with one attached hydrogen (secondary N) is 1. The fourth-order valence-electron chi connectivity index (χ4n) is 2.92. The third-order valence-corrected chi connectivity index (χ3v) is 4.19. The Hall–Kier alpha value is -1.71. The van der Waals surface area contributed by atoms with E-state index in [9.17, 15) is 4.79 Å². The highest BCUT2D eigenvalue weighted by Gasteiger charge is 2.25. The van der Waals surface area contributed by atoms with Gasteiger partial charge in [0.15, 0.2) is 11.5 Å². The quantitative estimate of drug-likeness (QED) is 0.902. The molecule has 0 radical (unpaired) electrons. The Morgan fingerprint density at radius 3 is 2.70 bits per heavy atom. The van der Waals surface area contributed by atoms with Crippen molar-refractivity contribution in [3.05, 3.63) is 23.8 Å². The van der Waals surface area contributed by atoms with Gasteiger partial charge in [0, 0.05) is 18.0 Å². The molecule has 1 N–H and O–H groups in total. The Morgan fingerprint density at radius 1 is 1.15 bits per heavy atom. The molecule has 0 saturated heterocycles. The van der Waals surface area contributed by atoms with Crippen LogP contribution in [0.5, 0.6) is 11.5 Å². The molecule has 20 heavy (non-hydrogen) atoms. The number of hydrogen-bond acceptors (Lipinski definition) is 3. The summed E-state index contributed by atoms with van der Waals surface area (Å²) >= 11 is 0. The van der Waals surface area contributed by atoms with Gasteiger partial charge in [-0.25, -0.2) is 0 Å². The number of carbonyl (C=O) groups is 1. The van der Waals surface area contributed by atoms with E-state index >= 15 is 0 Å². The van der Waals surface area contributed by atoms with Crippen LogP contribution in [0.25, 0.3) is 0 Å². The first kappa shape index (κ1) is 13.3. The standard InChI is InChI=1S/C16H21NO3/c1-11-4-2-5-13(11)17-16(18)12-6-7-14-15(10-12)20-9-3-8-19-14/h6-7,10-11,13H,2-5,8-9H2,1H3,(H,17,18)/t11-,13-/m0/s1. The highest BCUT2D eigenvalue weighted by molar-refractivity contribution is 5.95. The Bertz CT molecular complexity index is 500. The summed E-state index contributed by atoms with van der Waals surface area (Å²) in [5.41, 5.74) is 0.647. The van der Waals surface area contributed by atoms with Crippen molar-refractivity contribution in [2.24, 2.45) is 5.92 Å². The Balaban J connectivity index is 1.73. The Kier molecular flexibility index (Phi) is 3.81. The summed E-state index contributed by atoms with van der Waals surface area (Å²) in [6, 6.07) is 5.73. The molecule has 0 aromatic heterocycles. The van der Waals surface area contributed by atoms with Crippen molar-refractivity contribution in [3.63, 3.8) is 0 Å². The maximum Gasteiger partial charge on any atom is 0.251 e. The second kappa shape index (κ2) is 5.73. The van der Waals surface area contributed by atoms with Gasteiger partial charge in [0.2, 0.25) is 0 Å². The van der Waals surface area contributed by atoms with Gasteiger partial charge in [-0.05, 0) is 37.0 Å². The van der Waals surface area contributed by atoms with E-state index in [1.807, 2.05) is 12.1 Å². The molecule has 1 aromatic carbocycles. The number of hydrogen-bond donors (Lipinski definition) is 1. The lowest BCUT2D eigenvalue weighted by molar-refractivity contribution is 0.0929. The Labute approximate surface area is 119 Å². The molecule has 1 heterocycles. The zero-order chi connectivity index (χ0) is 13.9. The van der Waals surface area contributed by atoms with E-state index in [2.05, 4.69) is 12.2 Å². The summed E-state index contributed by atoms with van der Waals surface area (Å²) in [5, 5.41) is 3.13. The van der Waals surface area contributed by atoms with Crippen LogP contribution in [0, 0.1) is 5.92 Å². The fourth-order valence-corrected chi connectivity index (χ4v) is 2.92. The second-order valence-corrected chi connectivity index (χ2v) is 5.70. The van der Waals surface area contributed by atoms with Crippen LogP contribution < -0.4 is 14.8 Å². The molecule has 0 unspecified atom stereocenters. The molecule has 4 heteroatoms. The normalized spacial score (nSPS) is 25.1. The molecular formula is C16H21NO3. The van der Waals surface area contributed by atoms with E-state index in [0.29, 0.717) is 36.5 Å². The molecule has 108 valence electrons. The van der Waals surface area contributed by atoms with Gasteiger partial charge in [-0.15, -0.1) is 0 Å². The van der Waals surface area contributed by atoms with Gasteiger partial charge in [-0.2, -0.15) is 0 Å². The van der Waals surface area contributed by atoms with Gasteiger partial charge in [0.1, 0.15) is 0 Å². The minimum Gasteiger partial charge on any atom is -0.490 e. The van der Waals surface area contributed by atoms with Crippen molar-refractivity contribution >= 4 is 5.91 Å². The summed E-state index contributed by atoms with van der Waals surface area (Å²) in [6.07, 6.45) is 4.35. The van der Waals surface area contributed by atoms with Gasteiger partial charge >= 0.3 is 0 Å². The maximum atomic E-state index is 12.3. The minimum atomic E-state index is -0.0144. The summed E-state index contributed by atoms with van der Waals surface area (Å²) in [6.45, 7) is 3.50. The molecule has 1 amide bonds. The number of benzene rings is 1. The summed E-state index contributed by atoms with van der Waals surface area (Å²) < 4.78 is 11.2. The van der Waals surface area contributed by atoms with E-state index in [0.717, 1.165) is 18.6 Å². The van der Waals surface area contributed by atoms with Crippen LogP contribution in [0.4, 0.5) is 0 Å². The fraction of sp³-hybridized carbons (Fsp3) is 0.562. The first-order valence-electron chi connectivity index (χ1n) is 7.44. The van der Waals surface area contributed by atoms with E-state index in [-0.39, 0.29) is 5.91 Å². The smallest absolute Gasteiger partial charge is 0.251 e. The predicted octanol–water partition coefficient (Wildman–Crippen LogP) is 2.77. The van der Waals surface area contributed by atoms with Gasteiger partial charge in [0.05, 0.1) is 13.2 Å². The summed E-state index contributed by atoms with van der Waals surface area (Å²) in [7, 11) is 0. The van der Waals surface area contributed by atoms with Gasteiger partial charge < -0.3 is 14.8 Å². The number of amides is 1. The second-order valence-electron chi connectivity index (χ2n) is 5.70. The third-order valence-electron chi connectivity index (χ3n) is 4.19. The molecule has 1 aliphatic heterocycles. The zero-order valence-electron chi connectivity index (χ0n) is 11.9. The van der Waals surface area contributed by atoms with Crippen molar-refractivity contribution in [3.8, 4) is 11.5 Å². The molecule has 3 rings (SSSR count). The van der Waals surface area contributed by atoms with Crippen molar-refractivity contribution in [2.45, 2.75) is 38.6 Å². The van der Waals surface area contributed by atoms with Crippen LogP contribution in [0.1, 0.15) is 43.0 Å². The first-order chi connectivity index (χ1) is 9.74. The van der Waals surface area contributed by atoms with Gasteiger partial charge in [0.25, 0.3) is 5.91 Å². The largest absolute Gasteiger partial charge is 0.490 e. The van der Waals surface area contributed by atoms with Crippen LogP contribution in [0.3, 0.4) is 0 Å². The van der Waals surface area contributed by atoms with E-state index in [4.69, 9.17) is 9.47 Å². The highest BCUT2D eigenvalue weighted by atomic mass is 16.5. The minimum absolute atomic E-state index is 0.0144. The molecule has 1 fully saturated rings. The molecule has 0 spiro atoms. The highest BCUT2D eigenvalue weighted by Crippen LogP contribution is 2.31. The lowest BCUT2D eigenvalue weighted by Gasteiger charge is -2.17. The van der Waals surface area contributed by atoms with Crippen LogP contribution in [0.15, 0.2) is 18.2 Å². The zero-order valence-corrected chi connectivity index (χ0v) is 11.9. The van der Waals surface area contributed by atoms with Crippen molar-refractivity contribution < 1.29 is 14.3 Å². The van der Waals surface area contributed by atoms with Crippen LogP contribution >= 0.6 is 0 Å². The molecule has 2 atom stereocenters. The lowest BCUT2D eigenvalue weighted by Crippen LogP contribution is -2.36. The average molecular weight is 275 g/mol. The van der Waals surface area contributed by atoms with E-state index < -0.39 is 0 Å². The monoisotopic (exact) mass is 275 g/mol. The van der Waals surface area contributed by atoms with Crippen LogP contribution in [-0.2, 0) is 0 Å². The lowest BCUT2D eigenvalue weighted by atomic mass is 10.1. The van der Waals surface area contributed by atoms with Gasteiger partial charge in [-0.1, -0.05) is 13.3 Å². The van der Waals surface area contributed by atoms with Crippen LogP contribution in [-0.4, -0.2) is 25.2 Å². The first-order valence-corrected chi connectivity index (χ1v) is 7.44. The predicted molar refractivity (Wildman–Crippen MR) is 76.3 cm³/mol. The third kappa shape index (κ3) is 2.74. The molecule has 4 nitrogen and oxygen atoms in total.